The third-order valence-corrected chi connectivity index (χ3v) is 6.99. The zero-order valence-electron chi connectivity index (χ0n) is 18.0. The third-order valence-electron chi connectivity index (χ3n) is 6.19. The number of hydrogen-bond donors (Lipinski definition) is 2. The summed E-state index contributed by atoms with van der Waals surface area (Å²) in [6.45, 7) is 10.8. The molecule has 29 heavy (non-hydrogen) atoms. The first-order valence-corrected chi connectivity index (χ1v) is 11.5. The van der Waals surface area contributed by atoms with Crippen LogP contribution in [0.15, 0.2) is 5.38 Å². The Morgan fingerprint density at radius 2 is 2.14 bits per heavy atom. The number of amides is 2. The van der Waals surface area contributed by atoms with Crippen LogP contribution in [0.1, 0.15) is 70.3 Å². The van der Waals surface area contributed by atoms with Gasteiger partial charge in [-0.05, 0) is 37.5 Å². The molecule has 0 saturated carbocycles. The van der Waals surface area contributed by atoms with Crippen LogP contribution in [0.25, 0.3) is 0 Å². The molecule has 8 heteroatoms. The topological polar surface area (TPSA) is 83.6 Å². The first-order chi connectivity index (χ1) is 13.7. The van der Waals surface area contributed by atoms with E-state index in [-0.39, 0.29) is 28.9 Å². The SMILES string of the molecule is CC(=O)NCC1CCCCN1C(=O)c1csc(NCC2(C(C)(C)C)CCCO2)n1. The summed E-state index contributed by atoms with van der Waals surface area (Å²) in [4.78, 5) is 30.8. The number of carbonyl (C=O) groups excluding carboxylic acids is 2. The Labute approximate surface area is 177 Å². The van der Waals surface area contributed by atoms with Gasteiger partial charge >= 0.3 is 0 Å². The predicted octanol–water partition coefficient (Wildman–Crippen LogP) is 3.28. The minimum absolute atomic E-state index is 0.0249. The van der Waals surface area contributed by atoms with Gasteiger partial charge in [0.2, 0.25) is 5.91 Å². The summed E-state index contributed by atoms with van der Waals surface area (Å²) in [5.41, 5.74) is 0.292. The van der Waals surface area contributed by atoms with Gasteiger partial charge in [0.25, 0.3) is 5.91 Å². The maximum atomic E-state index is 13.1. The molecule has 3 rings (SSSR count). The number of anilines is 1. The van der Waals surface area contributed by atoms with E-state index in [2.05, 4.69) is 36.4 Å². The molecule has 7 nitrogen and oxygen atoms in total. The van der Waals surface area contributed by atoms with Crippen LogP contribution in [0.5, 0.6) is 0 Å². The second-order valence-corrected chi connectivity index (χ2v) is 10.0. The maximum absolute atomic E-state index is 13.1. The van der Waals surface area contributed by atoms with E-state index in [1.165, 1.54) is 18.3 Å². The van der Waals surface area contributed by atoms with Gasteiger partial charge in [-0.1, -0.05) is 20.8 Å². The molecule has 0 radical (unpaired) electrons. The normalized spacial score (nSPS) is 25.1. The van der Waals surface area contributed by atoms with E-state index < -0.39 is 0 Å². The largest absolute Gasteiger partial charge is 0.373 e. The predicted molar refractivity (Wildman–Crippen MR) is 115 cm³/mol. The molecule has 0 bridgehead atoms. The molecule has 3 heterocycles. The first kappa shape index (κ1) is 22.0. The average molecular weight is 423 g/mol. The molecule has 2 aliphatic rings. The molecular formula is C21H34N4O3S. The summed E-state index contributed by atoms with van der Waals surface area (Å²) in [7, 11) is 0. The van der Waals surface area contributed by atoms with Crippen molar-refractivity contribution in [2.45, 2.75) is 71.4 Å². The Balaban J connectivity index is 1.64. The Morgan fingerprint density at radius 3 is 2.79 bits per heavy atom. The number of carbonyl (C=O) groups is 2. The van der Waals surface area contributed by atoms with Crippen molar-refractivity contribution in [3.8, 4) is 0 Å². The summed E-state index contributed by atoms with van der Waals surface area (Å²) in [5.74, 6) is -0.114. The highest BCUT2D eigenvalue weighted by molar-refractivity contribution is 7.13. The molecule has 0 aliphatic carbocycles. The van der Waals surface area contributed by atoms with Gasteiger partial charge in [0, 0.05) is 44.6 Å². The van der Waals surface area contributed by atoms with Gasteiger partial charge in [-0.2, -0.15) is 0 Å². The summed E-state index contributed by atoms with van der Waals surface area (Å²) < 4.78 is 6.14. The number of piperidine rings is 1. The van der Waals surface area contributed by atoms with E-state index in [0.29, 0.717) is 25.3 Å². The molecule has 2 unspecified atom stereocenters. The zero-order valence-corrected chi connectivity index (χ0v) is 18.9. The number of nitrogens with zero attached hydrogens (tertiary/aromatic N) is 2. The van der Waals surface area contributed by atoms with Crippen molar-refractivity contribution in [1.82, 2.24) is 15.2 Å². The molecule has 162 valence electrons. The van der Waals surface area contributed by atoms with Gasteiger partial charge in [-0.3, -0.25) is 9.59 Å². The molecule has 2 aliphatic heterocycles. The average Bonchev–Trinajstić information content (AvgIpc) is 3.34. The Hall–Kier alpha value is -1.67. The van der Waals surface area contributed by atoms with Crippen molar-refractivity contribution in [2.24, 2.45) is 5.41 Å². The highest BCUT2D eigenvalue weighted by Crippen LogP contribution is 2.41. The number of aromatic nitrogens is 1. The number of hydrogen-bond acceptors (Lipinski definition) is 6. The fourth-order valence-electron chi connectivity index (χ4n) is 4.25. The van der Waals surface area contributed by atoms with Gasteiger partial charge in [-0.25, -0.2) is 4.98 Å². The molecule has 1 aromatic rings. The number of rotatable bonds is 6. The lowest BCUT2D eigenvalue weighted by Gasteiger charge is -2.41. The second-order valence-electron chi connectivity index (χ2n) is 9.17. The Morgan fingerprint density at radius 1 is 1.34 bits per heavy atom. The van der Waals surface area contributed by atoms with Crippen LogP contribution in [-0.4, -0.2) is 59.6 Å². The number of ether oxygens (including phenoxy) is 1. The van der Waals surface area contributed by atoms with Crippen LogP contribution >= 0.6 is 11.3 Å². The fraction of sp³-hybridized carbons (Fsp3) is 0.762. The van der Waals surface area contributed by atoms with Gasteiger partial charge in [-0.15, -0.1) is 11.3 Å². The molecule has 0 spiro atoms. The van der Waals surface area contributed by atoms with Gasteiger partial charge in [0.1, 0.15) is 5.69 Å². The summed E-state index contributed by atoms with van der Waals surface area (Å²) in [6.07, 6.45) is 5.08. The molecule has 1 aromatic heterocycles. The summed E-state index contributed by atoms with van der Waals surface area (Å²) in [6, 6.07) is 0.0364. The van der Waals surface area contributed by atoms with Crippen molar-refractivity contribution >= 4 is 28.3 Å². The fourth-order valence-corrected chi connectivity index (χ4v) is 4.94. The molecular weight excluding hydrogens is 388 g/mol. The van der Waals surface area contributed by atoms with Crippen LogP contribution in [0, 0.1) is 5.41 Å². The molecule has 0 aromatic carbocycles. The van der Waals surface area contributed by atoms with E-state index in [9.17, 15) is 9.59 Å². The van der Waals surface area contributed by atoms with Gasteiger partial charge in [0.05, 0.1) is 5.60 Å². The van der Waals surface area contributed by atoms with E-state index in [4.69, 9.17) is 4.74 Å². The third kappa shape index (κ3) is 5.09. The highest BCUT2D eigenvalue weighted by atomic mass is 32.1. The summed E-state index contributed by atoms with van der Waals surface area (Å²) in [5, 5.41) is 8.85. The maximum Gasteiger partial charge on any atom is 0.273 e. The van der Waals surface area contributed by atoms with E-state index in [0.717, 1.165) is 43.8 Å². The Bertz CT molecular complexity index is 722. The quantitative estimate of drug-likeness (QED) is 0.735. The lowest BCUT2D eigenvalue weighted by Crippen LogP contribution is -2.49. The van der Waals surface area contributed by atoms with Crippen molar-refractivity contribution < 1.29 is 14.3 Å². The van der Waals surface area contributed by atoms with Crippen LogP contribution in [-0.2, 0) is 9.53 Å². The molecule has 2 N–H and O–H groups in total. The molecule has 2 atom stereocenters. The van der Waals surface area contributed by atoms with Crippen molar-refractivity contribution in [3.05, 3.63) is 11.1 Å². The Kier molecular flexibility index (Phi) is 6.83. The van der Waals surface area contributed by atoms with Crippen molar-refractivity contribution in [1.29, 1.82) is 0 Å². The van der Waals surface area contributed by atoms with Crippen LogP contribution in [0.4, 0.5) is 5.13 Å². The standard InChI is InChI=1S/C21H34N4O3S/c1-15(26)22-12-16-8-5-6-10-25(16)18(27)17-13-29-19(24-17)23-14-21(20(2,3)4)9-7-11-28-21/h13,16H,5-12,14H2,1-4H3,(H,22,26)(H,23,24). The molecule has 2 fully saturated rings. The van der Waals surface area contributed by atoms with E-state index >= 15 is 0 Å². The lowest BCUT2D eigenvalue weighted by atomic mass is 9.74. The van der Waals surface area contributed by atoms with Gasteiger partial charge < -0.3 is 20.3 Å². The second kappa shape index (κ2) is 9.00. The van der Waals surface area contributed by atoms with Crippen LogP contribution in [0.2, 0.25) is 0 Å². The monoisotopic (exact) mass is 422 g/mol. The van der Waals surface area contributed by atoms with Crippen molar-refractivity contribution in [2.75, 3.05) is 31.6 Å². The minimum Gasteiger partial charge on any atom is -0.373 e. The van der Waals surface area contributed by atoms with E-state index in [1.807, 2.05) is 10.3 Å². The first-order valence-electron chi connectivity index (χ1n) is 10.6. The van der Waals surface area contributed by atoms with Gasteiger partial charge in [0.15, 0.2) is 5.13 Å². The number of likely N-dealkylation sites (tertiary alicyclic amines) is 1. The molecule has 2 saturated heterocycles. The lowest BCUT2D eigenvalue weighted by molar-refractivity contribution is -0.119. The highest BCUT2D eigenvalue weighted by Gasteiger charge is 2.45. The smallest absolute Gasteiger partial charge is 0.273 e. The summed E-state index contributed by atoms with van der Waals surface area (Å²) >= 11 is 1.46. The number of nitrogens with one attached hydrogen (secondary N) is 2. The van der Waals surface area contributed by atoms with Crippen LogP contribution < -0.4 is 10.6 Å². The zero-order chi connectivity index (χ0) is 21.1. The van der Waals surface area contributed by atoms with Crippen LogP contribution in [0.3, 0.4) is 0 Å². The molecule has 2 amide bonds. The van der Waals surface area contributed by atoms with Crippen molar-refractivity contribution in [3.63, 3.8) is 0 Å². The number of thiazole rings is 1. The van der Waals surface area contributed by atoms with E-state index in [1.54, 1.807) is 0 Å². The minimum atomic E-state index is -0.209.